The van der Waals surface area contributed by atoms with Crippen molar-refractivity contribution < 1.29 is 23.1 Å². The van der Waals surface area contributed by atoms with Crippen LogP contribution in [0.4, 0.5) is 13.2 Å². The summed E-state index contributed by atoms with van der Waals surface area (Å²) in [6, 6.07) is 8.42. The highest BCUT2D eigenvalue weighted by atomic mass is 35.5. The summed E-state index contributed by atoms with van der Waals surface area (Å²) in [7, 11) is 0. The quantitative estimate of drug-likeness (QED) is 0.509. The Balaban J connectivity index is 1.89. The molecule has 1 aliphatic heterocycles. The summed E-state index contributed by atoms with van der Waals surface area (Å²) in [6.07, 6.45) is 0. The number of H-pyrrole nitrogens is 1. The van der Waals surface area contributed by atoms with E-state index in [0.717, 1.165) is 17.7 Å². The lowest BCUT2D eigenvalue weighted by Crippen LogP contribution is -2.00. The molecule has 0 saturated heterocycles. The number of benzene rings is 2. The molecule has 1 aliphatic rings. The van der Waals surface area contributed by atoms with Crippen LogP contribution in [0, 0.1) is 17.5 Å². The van der Waals surface area contributed by atoms with Crippen molar-refractivity contribution >= 4 is 23.2 Å². The van der Waals surface area contributed by atoms with Gasteiger partial charge in [0.25, 0.3) is 5.91 Å². The van der Waals surface area contributed by atoms with Gasteiger partial charge in [-0.1, -0.05) is 18.2 Å². The number of aliphatic imine (C=N–C) groups is 1. The van der Waals surface area contributed by atoms with Crippen LogP contribution in [-0.4, -0.2) is 21.7 Å². The Morgan fingerprint density at radius 3 is 2.41 bits per heavy atom. The molecule has 0 atom stereocenters. The standard InChI is InChI=1S/C19H10ClF3N2O2/c20-7-8-2-1-3-9(4-8)16-13-14(19(27)24-16)17(25-18(13)26)10-5-11(21)15(23)12(22)6-10/h1-6,25-26H,7H2. The van der Waals surface area contributed by atoms with Crippen LogP contribution in [0.1, 0.15) is 27.0 Å². The summed E-state index contributed by atoms with van der Waals surface area (Å²) in [5.74, 6) is -5.25. The number of aromatic hydroxyl groups is 1. The number of hydrogen-bond acceptors (Lipinski definition) is 2. The maximum atomic E-state index is 13.6. The Bertz CT molecular complexity index is 1110. The zero-order chi connectivity index (χ0) is 19.3. The summed E-state index contributed by atoms with van der Waals surface area (Å²) >= 11 is 5.83. The number of carbonyl (C=O) groups excluding carboxylic acids is 1. The normalized spacial score (nSPS) is 13.0. The van der Waals surface area contributed by atoms with E-state index in [0.29, 0.717) is 5.56 Å². The number of hydrogen-bond donors (Lipinski definition) is 2. The smallest absolute Gasteiger partial charge is 0.280 e. The monoisotopic (exact) mass is 390 g/mol. The third-order valence-corrected chi connectivity index (χ3v) is 4.58. The van der Waals surface area contributed by atoms with E-state index in [-0.39, 0.29) is 39.9 Å². The maximum absolute atomic E-state index is 13.6. The highest BCUT2D eigenvalue weighted by Crippen LogP contribution is 2.38. The number of aromatic amines is 1. The molecule has 4 nitrogen and oxygen atoms in total. The van der Waals surface area contributed by atoms with Crippen LogP contribution >= 0.6 is 11.6 Å². The van der Waals surface area contributed by atoms with Crippen LogP contribution in [-0.2, 0) is 5.88 Å². The Labute approximate surface area is 155 Å². The van der Waals surface area contributed by atoms with Crippen LogP contribution in [0.25, 0.3) is 11.3 Å². The SMILES string of the molecule is O=C1N=C(c2cccc(CCl)c2)c2c(O)[nH]c(-c3cc(F)c(F)c(F)c3)c21. The summed E-state index contributed by atoms with van der Waals surface area (Å²) in [4.78, 5) is 18.9. The molecule has 0 bridgehead atoms. The molecule has 2 N–H and O–H groups in total. The minimum atomic E-state index is -1.62. The molecule has 2 aromatic carbocycles. The zero-order valence-electron chi connectivity index (χ0n) is 13.5. The van der Waals surface area contributed by atoms with E-state index < -0.39 is 23.4 Å². The summed E-state index contributed by atoms with van der Waals surface area (Å²) in [5, 5.41) is 10.3. The maximum Gasteiger partial charge on any atom is 0.280 e. The van der Waals surface area contributed by atoms with Gasteiger partial charge in [0.05, 0.1) is 22.5 Å². The molecular weight excluding hydrogens is 381 g/mol. The Hall–Kier alpha value is -3.06. The van der Waals surface area contributed by atoms with Gasteiger partial charge in [0.1, 0.15) is 0 Å². The second kappa shape index (κ2) is 6.28. The van der Waals surface area contributed by atoms with Crippen molar-refractivity contribution in [2.75, 3.05) is 0 Å². The predicted molar refractivity (Wildman–Crippen MR) is 93.7 cm³/mol. The molecule has 0 spiro atoms. The van der Waals surface area contributed by atoms with E-state index in [1.807, 2.05) is 0 Å². The van der Waals surface area contributed by atoms with Gasteiger partial charge in [-0.05, 0) is 23.8 Å². The Morgan fingerprint density at radius 1 is 1.04 bits per heavy atom. The summed E-state index contributed by atoms with van der Waals surface area (Å²) in [5.41, 5.74) is 1.47. The number of carbonyl (C=O) groups is 1. The van der Waals surface area contributed by atoms with E-state index in [9.17, 15) is 23.1 Å². The zero-order valence-corrected chi connectivity index (χ0v) is 14.2. The van der Waals surface area contributed by atoms with Crippen molar-refractivity contribution in [3.63, 3.8) is 0 Å². The molecule has 0 unspecified atom stereocenters. The van der Waals surface area contributed by atoms with E-state index in [1.165, 1.54) is 0 Å². The molecule has 0 saturated carbocycles. The number of rotatable bonds is 3. The minimum absolute atomic E-state index is 0.0378. The molecule has 27 heavy (non-hydrogen) atoms. The number of nitrogens with one attached hydrogen (secondary N) is 1. The number of halogens is 4. The molecule has 1 aromatic heterocycles. The van der Waals surface area contributed by atoms with Gasteiger partial charge in [0.15, 0.2) is 23.3 Å². The van der Waals surface area contributed by atoms with Gasteiger partial charge in [-0.15, -0.1) is 11.6 Å². The number of nitrogens with zero attached hydrogens (tertiary/aromatic N) is 1. The van der Waals surface area contributed by atoms with Gasteiger partial charge in [-0.2, -0.15) is 0 Å². The lowest BCUT2D eigenvalue weighted by molar-refractivity contribution is 0.101. The molecule has 0 fully saturated rings. The summed E-state index contributed by atoms with van der Waals surface area (Å²) in [6.45, 7) is 0. The second-order valence-corrected chi connectivity index (χ2v) is 6.22. The van der Waals surface area contributed by atoms with Crippen LogP contribution in [0.5, 0.6) is 5.88 Å². The van der Waals surface area contributed by atoms with E-state index in [2.05, 4.69) is 9.98 Å². The van der Waals surface area contributed by atoms with Gasteiger partial charge in [0, 0.05) is 17.0 Å². The van der Waals surface area contributed by atoms with Crippen molar-refractivity contribution in [2.45, 2.75) is 5.88 Å². The first kappa shape index (κ1) is 17.4. The van der Waals surface area contributed by atoms with Crippen LogP contribution in [0.3, 0.4) is 0 Å². The van der Waals surface area contributed by atoms with E-state index in [1.54, 1.807) is 24.3 Å². The minimum Gasteiger partial charge on any atom is -0.494 e. The van der Waals surface area contributed by atoms with Crippen LogP contribution < -0.4 is 0 Å². The molecule has 2 heterocycles. The fourth-order valence-electron chi connectivity index (χ4n) is 3.07. The average molecular weight is 391 g/mol. The number of alkyl halides is 1. The van der Waals surface area contributed by atoms with Gasteiger partial charge in [-0.25, -0.2) is 18.2 Å². The Kier molecular flexibility index (Phi) is 4.04. The van der Waals surface area contributed by atoms with Gasteiger partial charge in [0.2, 0.25) is 0 Å². The van der Waals surface area contributed by atoms with Crippen molar-refractivity contribution in [2.24, 2.45) is 4.99 Å². The molecule has 8 heteroatoms. The van der Waals surface area contributed by atoms with Gasteiger partial charge in [-0.3, -0.25) is 4.79 Å². The first-order chi connectivity index (χ1) is 12.9. The number of fused-ring (bicyclic) bond motifs is 1. The third-order valence-electron chi connectivity index (χ3n) is 4.27. The number of amides is 1. The molecular formula is C19H10ClF3N2O2. The Morgan fingerprint density at radius 2 is 1.74 bits per heavy atom. The van der Waals surface area contributed by atoms with Gasteiger partial charge < -0.3 is 10.1 Å². The molecule has 136 valence electrons. The average Bonchev–Trinajstić information content (AvgIpc) is 3.18. The molecule has 0 aliphatic carbocycles. The molecule has 3 aromatic rings. The molecule has 1 amide bonds. The number of aromatic nitrogens is 1. The fraction of sp³-hybridized carbons (Fsp3) is 0.0526. The topological polar surface area (TPSA) is 65.4 Å². The van der Waals surface area contributed by atoms with Crippen molar-refractivity contribution in [3.05, 3.63) is 76.1 Å². The van der Waals surface area contributed by atoms with Crippen molar-refractivity contribution in [1.82, 2.24) is 4.98 Å². The highest BCUT2D eigenvalue weighted by Gasteiger charge is 2.34. The second-order valence-electron chi connectivity index (χ2n) is 5.95. The first-order valence-electron chi connectivity index (χ1n) is 7.79. The largest absolute Gasteiger partial charge is 0.494 e. The van der Waals surface area contributed by atoms with Gasteiger partial charge >= 0.3 is 0 Å². The summed E-state index contributed by atoms with van der Waals surface area (Å²) < 4.78 is 40.4. The van der Waals surface area contributed by atoms with Crippen molar-refractivity contribution in [3.8, 4) is 17.1 Å². The predicted octanol–water partition coefficient (Wildman–Crippen LogP) is 4.53. The fourth-order valence-corrected chi connectivity index (χ4v) is 3.24. The van der Waals surface area contributed by atoms with Crippen LogP contribution in [0.15, 0.2) is 41.4 Å². The lowest BCUT2D eigenvalue weighted by atomic mass is 9.99. The molecule has 0 radical (unpaired) electrons. The third kappa shape index (κ3) is 2.71. The molecule has 4 rings (SSSR count). The first-order valence-corrected chi connectivity index (χ1v) is 8.32. The van der Waals surface area contributed by atoms with E-state index >= 15 is 0 Å². The van der Waals surface area contributed by atoms with E-state index in [4.69, 9.17) is 11.6 Å². The lowest BCUT2D eigenvalue weighted by Gasteiger charge is -2.03. The van der Waals surface area contributed by atoms with Crippen LogP contribution in [0.2, 0.25) is 0 Å². The van der Waals surface area contributed by atoms with Crippen molar-refractivity contribution in [1.29, 1.82) is 0 Å². The highest BCUT2D eigenvalue weighted by molar-refractivity contribution is 6.30.